The van der Waals surface area contributed by atoms with E-state index >= 15 is 8.78 Å². The fourth-order valence-corrected chi connectivity index (χ4v) is 5.67. The SMILES string of the molecule is CC(C)n1nc(C(F)(F)F)cc1-c1cn(COCC[Si](C)(C)C)c2nccc(Oc3c(F)cc(NC(=O)NCC4(F)COC4)cc3F)c12. The Labute approximate surface area is 273 Å². The fourth-order valence-electron chi connectivity index (χ4n) is 4.91. The summed E-state index contributed by atoms with van der Waals surface area (Å²) in [4.78, 5) is 16.6. The van der Waals surface area contributed by atoms with Gasteiger partial charge in [-0.25, -0.2) is 22.9 Å². The van der Waals surface area contributed by atoms with Gasteiger partial charge >= 0.3 is 12.2 Å². The van der Waals surface area contributed by atoms with Crippen molar-refractivity contribution in [1.29, 1.82) is 0 Å². The molecule has 1 aromatic carbocycles. The normalized spacial score (nSPS) is 14.8. The average Bonchev–Trinajstić information content (AvgIpc) is 3.58. The molecular weight excluding hydrogens is 662 g/mol. The van der Waals surface area contributed by atoms with Crippen molar-refractivity contribution in [2.75, 3.05) is 31.7 Å². The summed E-state index contributed by atoms with van der Waals surface area (Å²) >= 11 is 0. The highest BCUT2D eigenvalue weighted by Crippen LogP contribution is 2.42. The van der Waals surface area contributed by atoms with Crippen molar-refractivity contribution < 1.29 is 45.3 Å². The molecule has 2 N–H and O–H groups in total. The van der Waals surface area contributed by atoms with E-state index in [0.29, 0.717) is 6.61 Å². The van der Waals surface area contributed by atoms with Crippen molar-refractivity contribution in [2.45, 2.75) is 64.2 Å². The van der Waals surface area contributed by atoms with Gasteiger partial charge in [-0.2, -0.15) is 18.3 Å². The van der Waals surface area contributed by atoms with Crippen LogP contribution in [0.1, 0.15) is 25.6 Å². The molecule has 260 valence electrons. The largest absolute Gasteiger partial charge is 0.450 e. The number of alkyl halides is 4. The van der Waals surface area contributed by atoms with Gasteiger partial charge < -0.3 is 29.4 Å². The van der Waals surface area contributed by atoms with Gasteiger partial charge in [-0.1, -0.05) is 19.6 Å². The zero-order valence-corrected chi connectivity index (χ0v) is 28.0. The maximum Gasteiger partial charge on any atom is 0.435 e. The lowest BCUT2D eigenvalue weighted by atomic mass is 10.1. The molecule has 5 rings (SSSR count). The van der Waals surface area contributed by atoms with Gasteiger partial charge in [0.05, 0.1) is 30.8 Å². The number of nitrogens with one attached hydrogen (secondary N) is 2. The number of fused-ring (bicyclic) bond motifs is 1. The van der Waals surface area contributed by atoms with Gasteiger partial charge in [0.1, 0.15) is 18.1 Å². The minimum Gasteiger partial charge on any atom is -0.450 e. The second-order valence-corrected chi connectivity index (χ2v) is 18.8. The van der Waals surface area contributed by atoms with Crippen molar-refractivity contribution in [2.24, 2.45) is 0 Å². The van der Waals surface area contributed by atoms with Gasteiger partial charge in [-0.05, 0) is 32.0 Å². The molecule has 17 heteroatoms. The van der Waals surface area contributed by atoms with E-state index in [0.717, 1.165) is 24.2 Å². The number of carbonyl (C=O) groups excluding carboxylic acids is 1. The van der Waals surface area contributed by atoms with Crippen molar-refractivity contribution in [3.05, 3.63) is 54.0 Å². The topological polar surface area (TPSA) is 104 Å². The smallest absolute Gasteiger partial charge is 0.435 e. The number of amides is 2. The van der Waals surface area contributed by atoms with Crippen molar-refractivity contribution in [3.63, 3.8) is 0 Å². The van der Waals surface area contributed by atoms with E-state index < -0.39 is 55.1 Å². The second kappa shape index (κ2) is 13.4. The minimum absolute atomic E-state index is 0.00107. The summed E-state index contributed by atoms with van der Waals surface area (Å²) in [5.74, 6) is -3.31. The number of halogens is 6. The maximum absolute atomic E-state index is 15.3. The Hall–Kier alpha value is -4.09. The Morgan fingerprint density at radius 3 is 2.42 bits per heavy atom. The van der Waals surface area contributed by atoms with E-state index in [1.807, 2.05) is 0 Å². The number of anilines is 1. The van der Waals surface area contributed by atoms with Crippen LogP contribution in [0.3, 0.4) is 0 Å². The van der Waals surface area contributed by atoms with Crippen LogP contribution in [0.2, 0.25) is 25.7 Å². The number of benzene rings is 1. The number of nitrogens with zero attached hydrogens (tertiary/aromatic N) is 4. The summed E-state index contributed by atoms with van der Waals surface area (Å²) < 4.78 is 105. The molecule has 48 heavy (non-hydrogen) atoms. The quantitative estimate of drug-likeness (QED) is 0.0892. The third-order valence-corrected chi connectivity index (χ3v) is 9.20. The summed E-state index contributed by atoms with van der Waals surface area (Å²) in [6, 6.07) is 3.35. The molecule has 0 saturated carbocycles. The Balaban J connectivity index is 1.51. The second-order valence-electron chi connectivity index (χ2n) is 13.1. The molecule has 0 atom stereocenters. The van der Waals surface area contributed by atoms with Crippen LogP contribution in [0.4, 0.5) is 36.8 Å². The van der Waals surface area contributed by atoms with E-state index in [9.17, 15) is 22.4 Å². The summed E-state index contributed by atoms with van der Waals surface area (Å²) in [5.41, 5.74) is -2.56. The van der Waals surface area contributed by atoms with Crippen LogP contribution in [-0.4, -0.2) is 65.5 Å². The molecule has 0 bridgehead atoms. The highest BCUT2D eigenvalue weighted by molar-refractivity contribution is 6.76. The van der Waals surface area contributed by atoms with Crippen molar-refractivity contribution in [1.82, 2.24) is 24.6 Å². The molecule has 0 radical (unpaired) electrons. The third-order valence-electron chi connectivity index (χ3n) is 7.49. The van der Waals surface area contributed by atoms with Crippen LogP contribution in [0.25, 0.3) is 22.3 Å². The van der Waals surface area contributed by atoms with Crippen LogP contribution in [0.5, 0.6) is 11.5 Å². The fraction of sp³-hybridized carbons (Fsp3) is 0.452. The average molecular weight is 699 g/mol. The molecule has 3 aromatic heterocycles. The lowest BCUT2D eigenvalue weighted by Gasteiger charge is -2.33. The molecule has 1 fully saturated rings. The van der Waals surface area contributed by atoms with Crippen LogP contribution in [0, 0.1) is 11.6 Å². The number of ether oxygens (including phenoxy) is 3. The van der Waals surface area contributed by atoms with Crippen LogP contribution in [0.15, 0.2) is 36.7 Å². The number of pyridine rings is 1. The number of hydrogen-bond acceptors (Lipinski definition) is 6. The number of urea groups is 1. The molecule has 4 aromatic rings. The van der Waals surface area contributed by atoms with Gasteiger partial charge in [-0.15, -0.1) is 0 Å². The molecule has 1 saturated heterocycles. The Morgan fingerprint density at radius 2 is 1.83 bits per heavy atom. The Bertz CT molecular complexity index is 1780. The highest BCUT2D eigenvalue weighted by atomic mass is 28.3. The first-order valence-corrected chi connectivity index (χ1v) is 18.9. The molecule has 1 aliphatic heterocycles. The van der Waals surface area contributed by atoms with Gasteiger partial charge in [0.25, 0.3) is 0 Å². The Morgan fingerprint density at radius 1 is 1.15 bits per heavy atom. The molecule has 2 amide bonds. The summed E-state index contributed by atoms with van der Waals surface area (Å²) in [6.45, 7) is 9.66. The molecule has 0 unspecified atom stereocenters. The lowest BCUT2D eigenvalue weighted by Crippen LogP contribution is -2.54. The Kier molecular flexibility index (Phi) is 9.85. The van der Waals surface area contributed by atoms with Gasteiger partial charge in [0.2, 0.25) is 0 Å². The number of hydrogen-bond donors (Lipinski definition) is 2. The number of rotatable bonds is 12. The zero-order chi connectivity index (χ0) is 35.0. The molecule has 0 spiro atoms. The number of carbonyl (C=O) groups is 1. The highest BCUT2D eigenvalue weighted by Gasteiger charge is 2.39. The molecular formula is C31H36F6N6O4Si. The van der Waals surface area contributed by atoms with Crippen LogP contribution >= 0.6 is 0 Å². The predicted octanol–water partition coefficient (Wildman–Crippen LogP) is 7.74. The van der Waals surface area contributed by atoms with Crippen molar-refractivity contribution >= 4 is 30.8 Å². The number of aromatic nitrogens is 4. The standard InChI is InChI=1S/C31H36F6N6O4Si/c1-18(2)43-23(12-25(41-43)31(35,36)37)20-13-42(17-45-8-9-48(3,4)5)28-26(20)24(6-7-38-28)47-27-21(32)10-19(11-22(27)33)40-29(44)39-14-30(34)15-46-16-30/h6-7,10-13,18H,8-9,14-17H2,1-5H3,(H2,39,40,44). The maximum atomic E-state index is 15.3. The molecule has 4 heterocycles. The summed E-state index contributed by atoms with van der Waals surface area (Å²) in [7, 11) is -1.42. The monoisotopic (exact) mass is 698 g/mol. The van der Waals surface area contributed by atoms with Gasteiger partial charge in [-0.3, -0.25) is 4.68 Å². The first-order valence-electron chi connectivity index (χ1n) is 15.2. The van der Waals surface area contributed by atoms with E-state index in [2.05, 4.69) is 40.4 Å². The van der Waals surface area contributed by atoms with Gasteiger partial charge in [0, 0.05) is 56.5 Å². The van der Waals surface area contributed by atoms with Crippen molar-refractivity contribution in [3.8, 4) is 22.8 Å². The van der Waals surface area contributed by atoms with E-state index in [-0.39, 0.29) is 60.2 Å². The van der Waals surface area contributed by atoms with E-state index in [1.54, 1.807) is 24.6 Å². The van der Waals surface area contributed by atoms with Crippen LogP contribution < -0.4 is 15.4 Å². The molecule has 1 aliphatic rings. The van der Waals surface area contributed by atoms with E-state index in [4.69, 9.17) is 14.2 Å². The lowest BCUT2D eigenvalue weighted by molar-refractivity contribution is -0.141. The van der Waals surface area contributed by atoms with Crippen LogP contribution in [-0.2, 0) is 22.4 Å². The minimum atomic E-state index is -4.73. The zero-order valence-electron chi connectivity index (χ0n) is 27.0. The first-order chi connectivity index (χ1) is 22.4. The summed E-state index contributed by atoms with van der Waals surface area (Å²) in [5, 5.41) is 8.49. The molecule has 0 aliphatic carbocycles. The third kappa shape index (κ3) is 7.95. The predicted molar refractivity (Wildman–Crippen MR) is 169 cm³/mol. The summed E-state index contributed by atoms with van der Waals surface area (Å²) in [6.07, 6.45) is -1.85. The molecule has 10 nitrogen and oxygen atoms in total. The van der Waals surface area contributed by atoms with Gasteiger partial charge in [0.15, 0.2) is 28.7 Å². The first kappa shape index (κ1) is 35.2. The van der Waals surface area contributed by atoms with E-state index in [1.165, 1.54) is 16.9 Å².